The molecule has 0 aromatic heterocycles. The Hall–Kier alpha value is -2.18. The third-order valence-corrected chi connectivity index (χ3v) is 2.64. The van der Waals surface area contributed by atoms with Gasteiger partial charge in [0, 0.05) is 13.6 Å². The van der Waals surface area contributed by atoms with E-state index in [0.29, 0.717) is 6.54 Å². The van der Waals surface area contributed by atoms with E-state index < -0.39 is 16.7 Å². The first-order chi connectivity index (χ1) is 8.92. The Morgan fingerprint density at radius 2 is 2.16 bits per heavy atom. The van der Waals surface area contributed by atoms with Crippen molar-refractivity contribution in [2.24, 2.45) is 0 Å². The minimum Gasteiger partial charge on any atom is -0.465 e. The summed E-state index contributed by atoms with van der Waals surface area (Å²) in [5.74, 6) is -1.83. The minimum atomic E-state index is -0.966. The Morgan fingerprint density at radius 1 is 1.53 bits per heavy atom. The smallest absolute Gasteiger partial charge is 0.340 e. The van der Waals surface area contributed by atoms with Crippen molar-refractivity contribution >= 4 is 17.3 Å². The standard InChI is InChI=1S/C12H15FN2O4/c1-4-5-14(2)10-6-8(12(16)19-3)9(13)7-11(10)15(17)18/h6-7H,4-5H2,1-3H3. The first kappa shape index (κ1) is 14.9. The Bertz CT molecular complexity index is 505. The molecule has 19 heavy (non-hydrogen) atoms. The largest absolute Gasteiger partial charge is 0.465 e. The number of anilines is 1. The molecule has 0 heterocycles. The number of benzene rings is 1. The van der Waals surface area contributed by atoms with Gasteiger partial charge >= 0.3 is 5.97 Å². The van der Waals surface area contributed by atoms with Gasteiger partial charge in [0.2, 0.25) is 0 Å². The number of carbonyl (C=O) groups excluding carboxylic acids is 1. The van der Waals surface area contributed by atoms with Crippen LogP contribution in [0, 0.1) is 15.9 Å². The summed E-state index contributed by atoms with van der Waals surface area (Å²) < 4.78 is 18.1. The summed E-state index contributed by atoms with van der Waals surface area (Å²) in [6.07, 6.45) is 0.762. The summed E-state index contributed by atoms with van der Waals surface area (Å²) in [6, 6.07) is 1.89. The quantitative estimate of drug-likeness (QED) is 0.466. The maximum absolute atomic E-state index is 13.7. The zero-order valence-electron chi connectivity index (χ0n) is 11.0. The molecular formula is C12H15FN2O4. The van der Waals surface area contributed by atoms with Crippen LogP contribution in [-0.4, -0.2) is 31.6 Å². The fourth-order valence-corrected chi connectivity index (χ4v) is 1.73. The third-order valence-electron chi connectivity index (χ3n) is 2.64. The molecule has 7 heteroatoms. The lowest BCUT2D eigenvalue weighted by Gasteiger charge is -2.19. The summed E-state index contributed by atoms with van der Waals surface area (Å²) in [5, 5.41) is 10.9. The van der Waals surface area contributed by atoms with E-state index in [9.17, 15) is 19.3 Å². The van der Waals surface area contributed by atoms with E-state index in [1.54, 1.807) is 11.9 Å². The fourth-order valence-electron chi connectivity index (χ4n) is 1.73. The molecule has 0 aliphatic rings. The minimum absolute atomic E-state index is 0.189. The maximum Gasteiger partial charge on any atom is 0.340 e. The van der Waals surface area contributed by atoms with Crippen molar-refractivity contribution in [2.45, 2.75) is 13.3 Å². The van der Waals surface area contributed by atoms with Gasteiger partial charge in [-0.05, 0) is 12.5 Å². The average Bonchev–Trinajstić information content (AvgIpc) is 2.37. The number of ether oxygens (including phenoxy) is 1. The van der Waals surface area contributed by atoms with E-state index in [1.165, 1.54) is 0 Å². The van der Waals surface area contributed by atoms with Crippen LogP contribution in [-0.2, 0) is 4.74 Å². The van der Waals surface area contributed by atoms with E-state index in [4.69, 9.17) is 0 Å². The van der Waals surface area contributed by atoms with Crippen LogP contribution in [0.2, 0.25) is 0 Å². The molecule has 104 valence electrons. The maximum atomic E-state index is 13.7. The number of nitro benzene ring substituents is 1. The zero-order valence-corrected chi connectivity index (χ0v) is 11.0. The number of nitro groups is 1. The van der Waals surface area contributed by atoms with Gasteiger partial charge in [-0.3, -0.25) is 10.1 Å². The molecule has 0 fully saturated rings. The van der Waals surface area contributed by atoms with Crippen LogP contribution >= 0.6 is 0 Å². The molecular weight excluding hydrogens is 255 g/mol. The molecule has 0 saturated heterocycles. The molecule has 0 aliphatic heterocycles. The van der Waals surface area contributed by atoms with Gasteiger partial charge < -0.3 is 9.64 Å². The van der Waals surface area contributed by atoms with E-state index in [-0.39, 0.29) is 16.9 Å². The first-order valence-corrected chi connectivity index (χ1v) is 5.69. The predicted octanol–water partition coefficient (Wildman–Crippen LogP) is 2.37. The van der Waals surface area contributed by atoms with Crippen LogP contribution in [0.4, 0.5) is 15.8 Å². The van der Waals surface area contributed by atoms with Gasteiger partial charge in [-0.25, -0.2) is 9.18 Å². The highest BCUT2D eigenvalue weighted by Crippen LogP contribution is 2.30. The molecule has 0 spiro atoms. The van der Waals surface area contributed by atoms with Crippen molar-refractivity contribution in [3.63, 3.8) is 0 Å². The molecule has 0 amide bonds. The van der Waals surface area contributed by atoms with Crippen LogP contribution < -0.4 is 4.90 Å². The Kier molecular flexibility index (Phi) is 4.80. The second-order valence-corrected chi connectivity index (χ2v) is 3.99. The van der Waals surface area contributed by atoms with Gasteiger partial charge in [0.15, 0.2) is 0 Å². The molecule has 6 nitrogen and oxygen atoms in total. The lowest BCUT2D eigenvalue weighted by atomic mass is 10.1. The Morgan fingerprint density at radius 3 is 2.63 bits per heavy atom. The highest BCUT2D eigenvalue weighted by Gasteiger charge is 2.24. The molecule has 1 aromatic carbocycles. The number of methoxy groups -OCH3 is 1. The Balaban J connectivity index is 3.39. The molecule has 0 atom stereocenters. The van der Waals surface area contributed by atoms with Crippen molar-refractivity contribution in [3.05, 3.63) is 33.6 Å². The van der Waals surface area contributed by atoms with E-state index in [0.717, 1.165) is 25.7 Å². The summed E-state index contributed by atoms with van der Waals surface area (Å²) >= 11 is 0. The number of nitrogens with zero attached hydrogens (tertiary/aromatic N) is 2. The van der Waals surface area contributed by atoms with Crippen molar-refractivity contribution in [3.8, 4) is 0 Å². The molecule has 0 bridgehead atoms. The predicted molar refractivity (Wildman–Crippen MR) is 68.0 cm³/mol. The average molecular weight is 270 g/mol. The SMILES string of the molecule is CCCN(C)c1cc(C(=O)OC)c(F)cc1[N+](=O)[O-]. The lowest BCUT2D eigenvalue weighted by molar-refractivity contribution is -0.384. The van der Waals surface area contributed by atoms with Crippen LogP contribution in [0.3, 0.4) is 0 Å². The van der Waals surface area contributed by atoms with Gasteiger partial charge in [0.25, 0.3) is 5.69 Å². The molecule has 0 saturated carbocycles. The molecule has 1 aromatic rings. The monoisotopic (exact) mass is 270 g/mol. The highest BCUT2D eigenvalue weighted by molar-refractivity contribution is 5.92. The van der Waals surface area contributed by atoms with Gasteiger partial charge in [-0.1, -0.05) is 6.92 Å². The topological polar surface area (TPSA) is 72.7 Å². The van der Waals surface area contributed by atoms with Crippen molar-refractivity contribution in [1.29, 1.82) is 0 Å². The fraction of sp³-hybridized carbons (Fsp3) is 0.417. The summed E-state index contributed by atoms with van der Waals surface area (Å²) in [6.45, 7) is 2.46. The third kappa shape index (κ3) is 3.18. The van der Waals surface area contributed by atoms with E-state index in [1.807, 2.05) is 6.92 Å². The highest BCUT2D eigenvalue weighted by atomic mass is 19.1. The molecule has 0 aliphatic carbocycles. The van der Waals surface area contributed by atoms with E-state index in [2.05, 4.69) is 4.74 Å². The van der Waals surface area contributed by atoms with Crippen LogP contribution in [0.5, 0.6) is 0 Å². The zero-order chi connectivity index (χ0) is 14.6. The van der Waals surface area contributed by atoms with Gasteiger partial charge in [-0.15, -0.1) is 0 Å². The number of halogens is 1. The number of esters is 1. The number of carbonyl (C=O) groups is 1. The van der Waals surface area contributed by atoms with Crippen molar-refractivity contribution in [2.75, 3.05) is 25.6 Å². The second-order valence-electron chi connectivity index (χ2n) is 3.99. The van der Waals surface area contributed by atoms with Gasteiger partial charge in [0.1, 0.15) is 11.5 Å². The lowest BCUT2D eigenvalue weighted by Crippen LogP contribution is -2.20. The number of rotatable bonds is 5. The van der Waals surface area contributed by atoms with Crippen LogP contribution in [0.15, 0.2) is 12.1 Å². The second kappa shape index (κ2) is 6.12. The van der Waals surface area contributed by atoms with Crippen LogP contribution in [0.1, 0.15) is 23.7 Å². The summed E-state index contributed by atoms with van der Waals surface area (Å²) in [7, 11) is 2.77. The number of hydrogen-bond donors (Lipinski definition) is 0. The molecule has 0 N–H and O–H groups in total. The van der Waals surface area contributed by atoms with Crippen molar-refractivity contribution in [1.82, 2.24) is 0 Å². The molecule has 1 rings (SSSR count). The Labute approximate surface area is 109 Å². The van der Waals surface area contributed by atoms with Crippen molar-refractivity contribution < 1.29 is 18.8 Å². The van der Waals surface area contributed by atoms with Crippen LogP contribution in [0.25, 0.3) is 0 Å². The summed E-state index contributed by atoms with van der Waals surface area (Å²) in [5.41, 5.74) is -0.499. The first-order valence-electron chi connectivity index (χ1n) is 5.69. The van der Waals surface area contributed by atoms with Gasteiger partial charge in [-0.2, -0.15) is 0 Å². The van der Waals surface area contributed by atoms with E-state index >= 15 is 0 Å². The normalized spacial score (nSPS) is 10.1. The number of hydrogen-bond acceptors (Lipinski definition) is 5. The molecule has 0 radical (unpaired) electrons. The summed E-state index contributed by atoms with van der Waals surface area (Å²) in [4.78, 5) is 23.3. The molecule has 0 unspecified atom stereocenters. The van der Waals surface area contributed by atoms with Gasteiger partial charge in [0.05, 0.1) is 23.7 Å².